The number of thioether (sulfide) groups is 1. The molecule has 0 N–H and O–H groups in total. The molecule has 146 valence electrons. The Hall–Kier alpha value is -3.13. The first-order valence-corrected chi connectivity index (χ1v) is 10.3. The number of hydrogen-bond donors (Lipinski definition) is 0. The summed E-state index contributed by atoms with van der Waals surface area (Å²) in [4.78, 5) is 22.8. The lowest BCUT2D eigenvalue weighted by molar-refractivity contribution is -0.384. The Kier molecular flexibility index (Phi) is 4.35. The first-order chi connectivity index (χ1) is 14.1. The average molecular weight is 405 g/mol. The molecule has 4 heterocycles. The summed E-state index contributed by atoms with van der Waals surface area (Å²) in [6, 6.07) is 16.6. The number of hydrogen-bond acceptors (Lipinski definition) is 6. The molecule has 3 aromatic rings. The number of nitro benzene ring substituents is 1. The number of rotatable bonds is 4. The van der Waals surface area contributed by atoms with E-state index in [1.165, 1.54) is 6.07 Å². The topological polar surface area (TPSA) is 76.6 Å². The van der Waals surface area contributed by atoms with Gasteiger partial charge in [0.1, 0.15) is 6.04 Å². The highest BCUT2D eigenvalue weighted by Crippen LogP contribution is 2.47. The number of fused-ring (bicyclic) bond motifs is 1. The van der Waals surface area contributed by atoms with Crippen LogP contribution in [0.15, 0.2) is 72.0 Å². The molecule has 0 aliphatic carbocycles. The van der Waals surface area contributed by atoms with Gasteiger partial charge in [0.25, 0.3) is 5.69 Å². The summed E-state index contributed by atoms with van der Waals surface area (Å²) < 4.78 is 2.03. The highest BCUT2D eigenvalue weighted by molar-refractivity contribution is 8.14. The van der Waals surface area contributed by atoms with Gasteiger partial charge in [-0.25, -0.2) is 0 Å². The fourth-order valence-corrected chi connectivity index (χ4v) is 5.16. The molecule has 0 radical (unpaired) electrons. The minimum absolute atomic E-state index is 0.00777. The zero-order valence-corrected chi connectivity index (χ0v) is 16.6. The van der Waals surface area contributed by atoms with Crippen molar-refractivity contribution in [3.8, 4) is 5.69 Å². The van der Waals surface area contributed by atoms with E-state index in [1.807, 2.05) is 41.1 Å². The summed E-state index contributed by atoms with van der Waals surface area (Å²) in [5.41, 5.74) is 2.83. The Labute approximate surface area is 172 Å². The smallest absolute Gasteiger partial charge is 0.271 e. The Morgan fingerprint density at radius 3 is 2.86 bits per heavy atom. The Bertz CT molecular complexity index is 1100. The quantitative estimate of drug-likeness (QED) is 0.476. The molecule has 0 amide bonds. The molecule has 0 bridgehead atoms. The van der Waals surface area contributed by atoms with Crippen LogP contribution in [0.3, 0.4) is 0 Å². The van der Waals surface area contributed by atoms with E-state index in [1.54, 1.807) is 30.1 Å². The number of aliphatic imine (C=N–C) groups is 1. The van der Waals surface area contributed by atoms with Crippen molar-refractivity contribution >= 4 is 22.6 Å². The van der Waals surface area contributed by atoms with Gasteiger partial charge in [0.05, 0.1) is 22.3 Å². The van der Waals surface area contributed by atoms with Gasteiger partial charge in [0.15, 0.2) is 5.17 Å². The number of non-ortho nitro benzene ring substituents is 1. The second-order valence-electron chi connectivity index (χ2n) is 7.22. The third kappa shape index (κ3) is 3.09. The highest BCUT2D eigenvalue weighted by atomic mass is 32.2. The maximum absolute atomic E-state index is 11.2. The molecule has 0 saturated carbocycles. The molecule has 5 rings (SSSR count). The number of benzene rings is 1. The number of aromatic nitrogens is 2. The van der Waals surface area contributed by atoms with Crippen molar-refractivity contribution in [2.24, 2.45) is 4.99 Å². The lowest BCUT2D eigenvalue weighted by Gasteiger charge is -2.28. The van der Waals surface area contributed by atoms with Crippen LogP contribution in [0, 0.1) is 10.1 Å². The standard InChI is InChI=1S/C21H19N5O2S/c1-14-13-25-20(19(23-21(25)29-14)17-8-2-3-10-22-17)18-9-5-11-24(18)15-6-4-7-16(12-15)26(27)28/h2-12,14,19-20H,13H2,1H3. The summed E-state index contributed by atoms with van der Waals surface area (Å²) in [5, 5.41) is 12.8. The van der Waals surface area contributed by atoms with Gasteiger partial charge in [-0.1, -0.05) is 30.8 Å². The van der Waals surface area contributed by atoms with Crippen LogP contribution < -0.4 is 0 Å². The van der Waals surface area contributed by atoms with E-state index in [-0.39, 0.29) is 22.7 Å². The van der Waals surface area contributed by atoms with Gasteiger partial charge in [-0.3, -0.25) is 20.1 Å². The van der Waals surface area contributed by atoms with Crippen LogP contribution in [-0.4, -0.2) is 36.3 Å². The van der Waals surface area contributed by atoms with Crippen molar-refractivity contribution < 1.29 is 4.92 Å². The first kappa shape index (κ1) is 17.9. The molecular weight excluding hydrogens is 386 g/mol. The Balaban J connectivity index is 1.60. The summed E-state index contributed by atoms with van der Waals surface area (Å²) in [7, 11) is 0. The molecule has 2 aromatic heterocycles. The van der Waals surface area contributed by atoms with E-state index in [4.69, 9.17) is 4.99 Å². The SMILES string of the molecule is CC1CN2C(=NC(c3ccccn3)C2c2cccn2-c2cccc([N+](=O)[O-])c2)S1. The van der Waals surface area contributed by atoms with Crippen LogP contribution in [0.1, 0.15) is 30.4 Å². The second-order valence-corrected chi connectivity index (χ2v) is 8.62. The van der Waals surface area contributed by atoms with E-state index in [0.717, 1.165) is 28.8 Å². The van der Waals surface area contributed by atoms with Crippen molar-refractivity contribution in [2.45, 2.75) is 24.3 Å². The van der Waals surface area contributed by atoms with E-state index in [2.05, 4.69) is 22.9 Å². The van der Waals surface area contributed by atoms with Crippen molar-refractivity contribution in [1.29, 1.82) is 0 Å². The van der Waals surface area contributed by atoms with Gasteiger partial charge < -0.3 is 9.47 Å². The molecule has 0 spiro atoms. The van der Waals surface area contributed by atoms with E-state index < -0.39 is 0 Å². The molecule has 2 aliphatic rings. The Morgan fingerprint density at radius 2 is 2.07 bits per heavy atom. The van der Waals surface area contributed by atoms with Crippen molar-refractivity contribution in [3.63, 3.8) is 0 Å². The van der Waals surface area contributed by atoms with Crippen LogP contribution in [0.5, 0.6) is 0 Å². The van der Waals surface area contributed by atoms with E-state index in [9.17, 15) is 10.1 Å². The number of nitrogens with zero attached hydrogens (tertiary/aromatic N) is 5. The molecule has 1 saturated heterocycles. The van der Waals surface area contributed by atoms with Crippen molar-refractivity contribution in [3.05, 3.63) is 88.5 Å². The molecule has 1 fully saturated rings. The fraction of sp³-hybridized carbons (Fsp3) is 0.238. The summed E-state index contributed by atoms with van der Waals surface area (Å²) in [6.45, 7) is 3.12. The van der Waals surface area contributed by atoms with Crippen LogP contribution in [0.25, 0.3) is 5.69 Å². The molecule has 3 atom stereocenters. The summed E-state index contributed by atoms with van der Waals surface area (Å²) >= 11 is 1.79. The van der Waals surface area contributed by atoms with Crippen LogP contribution in [0.2, 0.25) is 0 Å². The van der Waals surface area contributed by atoms with Gasteiger partial charge in [-0.15, -0.1) is 0 Å². The lowest BCUT2D eigenvalue weighted by Crippen LogP contribution is -2.30. The van der Waals surface area contributed by atoms with Crippen molar-refractivity contribution in [2.75, 3.05) is 6.54 Å². The second kappa shape index (κ2) is 7.04. The molecule has 29 heavy (non-hydrogen) atoms. The minimum Gasteiger partial charge on any atom is -0.339 e. The first-order valence-electron chi connectivity index (χ1n) is 9.46. The van der Waals surface area contributed by atoms with Gasteiger partial charge in [0, 0.05) is 42.0 Å². The highest BCUT2D eigenvalue weighted by Gasteiger charge is 2.44. The van der Waals surface area contributed by atoms with E-state index in [0.29, 0.717) is 5.25 Å². The lowest BCUT2D eigenvalue weighted by atomic mass is 10.0. The third-order valence-corrected chi connectivity index (χ3v) is 6.39. The zero-order valence-electron chi connectivity index (χ0n) is 15.8. The molecule has 8 heteroatoms. The maximum atomic E-state index is 11.2. The molecular formula is C21H19N5O2S. The largest absolute Gasteiger partial charge is 0.339 e. The summed E-state index contributed by atoms with van der Waals surface area (Å²) in [5.74, 6) is 0. The Morgan fingerprint density at radius 1 is 1.17 bits per heavy atom. The molecule has 1 aromatic carbocycles. The normalized spacial score (nSPS) is 23.1. The fourth-order valence-electron chi connectivity index (χ4n) is 4.06. The van der Waals surface area contributed by atoms with Crippen LogP contribution in [-0.2, 0) is 0 Å². The molecule has 3 unspecified atom stereocenters. The molecule has 2 aliphatic heterocycles. The zero-order chi connectivity index (χ0) is 20.0. The molecule has 7 nitrogen and oxygen atoms in total. The van der Waals surface area contributed by atoms with Gasteiger partial charge in [0.2, 0.25) is 0 Å². The van der Waals surface area contributed by atoms with Gasteiger partial charge in [-0.2, -0.15) is 0 Å². The average Bonchev–Trinajstić information content (AvgIpc) is 3.42. The van der Waals surface area contributed by atoms with Gasteiger partial charge >= 0.3 is 0 Å². The third-order valence-electron chi connectivity index (χ3n) is 5.28. The predicted octanol–water partition coefficient (Wildman–Crippen LogP) is 4.37. The van der Waals surface area contributed by atoms with Gasteiger partial charge in [-0.05, 0) is 30.3 Å². The van der Waals surface area contributed by atoms with Crippen molar-refractivity contribution in [1.82, 2.24) is 14.5 Å². The number of amidine groups is 1. The predicted molar refractivity (Wildman–Crippen MR) is 113 cm³/mol. The monoisotopic (exact) mass is 405 g/mol. The minimum atomic E-state index is -0.362. The maximum Gasteiger partial charge on any atom is 0.271 e. The number of nitro groups is 1. The van der Waals surface area contributed by atoms with Crippen LogP contribution >= 0.6 is 11.8 Å². The summed E-state index contributed by atoms with van der Waals surface area (Å²) in [6.07, 6.45) is 3.75. The van der Waals surface area contributed by atoms with E-state index >= 15 is 0 Å². The van der Waals surface area contributed by atoms with Crippen LogP contribution in [0.4, 0.5) is 5.69 Å². The number of pyridine rings is 1.